The fourth-order valence-electron chi connectivity index (χ4n) is 3.46. The molecule has 0 radical (unpaired) electrons. The molecule has 0 aliphatic rings. The minimum atomic E-state index is -1.37. The van der Waals surface area contributed by atoms with E-state index >= 15 is 0 Å². The second-order valence-corrected chi connectivity index (χ2v) is 7.01. The van der Waals surface area contributed by atoms with E-state index in [1.54, 1.807) is 0 Å². The topological polar surface area (TPSA) is 38.1 Å². The smallest absolute Gasteiger partial charge is 0.173 e. The molecule has 3 aromatic carbocycles. The van der Waals surface area contributed by atoms with Crippen LogP contribution in [0.1, 0.15) is 22.5 Å². The van der Waals surface area contributed by atoms with Gasteiger partial charge in [0.2, 0.25) is 0 Å². The summed E-state index contributed by atoms with van der Waals surface area (Å²) in [5, 5.41) is 12.6. The summed E-state index contributed by atoms with van der Waals surface area (Å²) in [5.41, 5.74) is 2.96. The van der Waals surface area contributed by atoms with E-state index in [0.717, 1.165) is 27.7 Å². The van der Waals surface area contributed by atoms with Gasteiger partial charge < -0.3 is 9.67 Å². The molecule has 0 fully saturated rings. The molecule has 3 nitrogen and oxygen atoms in total. The first-order valence-corrected chi connectivity index (χ1v) is 8.85. The highest BCUT2D eigenvalue weighted by atomic mass is 35.5. The van der Waals surface area contributed by atoms with Crippen molar-refractivity contribution in [1.82, 2.24) is 9.55 Å². The van der Waals surface area contributed by atoms with Crippen LogP contribution in [0.15, 0.2) is 72.8 Å². The van der Waals surface area contributed by atoms with Gasteiger partial charge in [0.25, 0.3) is 0 Å². The zero-order chi connectivity index (χ0) is 18.3. The number of fused-ring (bicyclic) bond motifs is 1. The number of aryl methyl sites for hydroxylation is 2. The highest BCUT2D eigenvalue weighted by Gasteiger charge is 2.38. The van der Waals surface area contributed by atoms with Crippen LogP contribution in [0.5, 0.6) is 0 Å². The molecule has 0 amide bonds. The molecule has 130 valence electrons. The summed E-state index contributed by atoms with van der Waals surface area (Å²) >= 11 is 6.17. The van der Waals surface area contributed by atoms with Gasteiger partial charge in [-0.1, -0.05) is 71.8 Å². The van der Waals surface area contributed by atoms with Crippen LogP contribution in [0.2, 0.25) is 5.02 Å². The molecular formula is C22H19ClN2O. The fraction of sp³-hybridized carbons (Fsp3) is 0.136. The monoisotopic (exact) mass is 362 g/mol. The molecule has 0 bridgehead atoms. The molecular weight excluding hydrogens is 344 g/mol. The number of aromatic nitrogens is 2. The summed E-state index contributed by atoms with van der Waals surface area (Å²) in [6.07, 6.45) is 0. The summed E-state index contributed by atoms with van der Waals surface area (Å²) < 4.78 is 1.91. The van der Waals surface area contributed by atoms with Crippen LogP contribution in [-0.2, 0) is 12.6 Å². The van der Waals surface area contributed by atoms with Gasteiger partial charge in [-0.15, -0.1) is 0 Å². The minimum absolute atomic E-state index is 0.562. The Morgan fingerprint density at radius 3 is 2.38 bits per heavy atom. The maximum Gasteiger partial charge on any atom is 0.173 e. The summed E-state index contributed by atoms with van der Waals surface area (Å²) in [4.78, 5) is 4.76. The Morgan fingerprint density at radius 2 is 1.65 bits per heavy atom. The predicted octanol–water partition coefficient (Wildman–Crippen LogP) is 4.82. The van der Waals surface area contributed by atoms with E-state index in [4.69, 9.17) is 16.6 Å². The highest BCUT2D eigenvalue weighted by molar-refractivity contribution is 6.31. The maximum atomic E-state index is 12.0. The first kappa shape index (κ1) is 16.8. The molecule has 4 heteroatoms. The molecule has 4 aromatic rings. The van der Waals surface area contributed by atoms with Crippen LogP contribution < -0.4 is 0 Å². The van der Waals surface area contributed by atoms with Gasteiger partial charge in [0.15, 0.2) is 11.4 Å². The Labute approximate surface area is 157 Å². The van der Waals surface area contributed by atoms with Crippen LogP contribution in [0.4, 0.5) is 0 Å². The normalized spacial score (nSPS) is 13.7. The molecule has 0 aliphatic carbocycles. The van der Waals surface area contributed by atoms with Crippen LogP contribution >= 0.6 is 11.6 Å². The van der Waals surface area contributed by atoms with Crippen LogP contribution in [0.25, 0.3) is 11.0 Å². The molecule has 1 aromatic heterocycles. The standard InChI is InChI=1S/C22H19ClN2O/c1-15-7-6-10-17(13-15)22(26,16-8-4-3-5-9-16)21-24-19-12-11-18(23)14-20(19)25(21)2/h3-14,26H,1-2H3. The number of imidazole rings is 1. The number of hydrogen-bond acceptors (Lipinski definition) is 2. The molecule has 1 unspecified atom stereocenters. The zero-order valence-electron chi connectivity index (χ0n) is 14.6. The number of aliphatic hydroxyl groups is 1. The van der Waals surface area contributed by atoms with Crippen molar-refractivity contribution in [1.29, 1.82) is 0 Å². The maximum absolute atomic E-state index is 12.0. The number of hydrogen-bond donors (Lipinski definition) is 1. The van der Waals surface area contributed by atoms with Crippen LogP contribution in [0, 0.1) is 6.92 Å². The fourth-order valence-corrected chi connectivity index (χ4v) is 3.63. The van der Waals surface area contributed by atoms with Gasteiger partial charge in [-0.2, -0.15) is 0 Å². The average Bonchev–Trinajstić information content (AvgIpc) is 2.98. The van der Waals surface area contributed by atoms with Crippen molar-refractivity contribution in [3.8, 4) is 0 Å². The van der Waals surface area contributed by atoms with Gasteiger partial charge in [-0.25, -0.2) is 4.98 Å². The first-order valence-electron chi connectivity index (χ1n) is 8.47. The molecule has 4 rings (SSSR count). The van der Waals surface area contributed by atoms with Crippen LogP contribution in [0.3, 0.4) is 0 Å². The lowest BCUT2D eigenvalue weighted by atomic mass is 9.85. The lowest BCUT2D eigenvalue weighted by Crippen LogP contribution is -2.32. The third kappa shape index (κ3) is 2.61. The van der Waals surface area contributed by atoms with E-state index in [2.05, 4.69) is 0 Å². The molecule has 0 spiro atoms. The Hall–Kier alpha value is -2.62. The third-order valence-corrected chi connectivity index (χ3v) is 5.03. The summed E-state index contributed by atoms with van der Waals surface area (Å²) in [6.45, 7) is 2.02. The molecule has 1 heterocycles. The second kappa shape index (κ2) is 6.27. The Kier molecular flexibility index (Phi) is 4.06. The van der Waals surface area contributed by atoms with E-state index in [1.807, 2.05) is 91.3 Å². The van der Waals surface area contributed by atoms with Crippen molar-refractivity contribution in [2.45, 2.75) is 12.5 Å². The summed E-state index contributed by atoms with van der Waals surface area (Å²) in [5.74, 6) is 0.562. The SMILES string of the molecule is Cc1cccc(C(O)(c2ccccc2)c2nc3ccc(Cl)cc3n2C)c1. The number of nitrogens with zero attached hydrogens (tertiary/aromatic N) is 2. The lowest BCUT2D eigenvalue weighted by Gasteiger charge is -2.29. The predicted molar refractivity (Wildman–Crippen MR) is 105 cm³/mol. The molecule has 1 N–H and O–H groups in total. The summed E-state index contributed by atoms with van der Waals surface area (Å²) in [7, 11) is 1.91. The van der Waals surface area contributed by atoms with E-state index in [9.17, 15) is 5.11 Å². The van der Waals surface area contributed by atoms with Gasteiger partial charge in [0.1, 0.15) is 0 Å². The molecule has 0 saturated carbocycles. The number of halogens is 1. The summed E-state index contributed by atoms with van der Waals surface area (Å²) in [6, 6.07) is 23.1. The molecule has 0 saturated heterocycles. The zero-order valence-corrected chi connectivity index (χ0v) is 15.4. The first-order chi connectivity index (χ1) is 12.5. The third-order valence-electron chi connectivity index (χ3n) is 4.79. The van der Waals surface area contributed by atoms with Gasteiger partial charge in [-0.05, 0) is 36.2 Å². The minimum Gasteiger partial charge on any atom is -0.373 e. The average molecular weight is 363 g/mol. The lowest BCUT2D eigenvalue weighted by molar-refractivity contribution is 0.113. The van der Waals surface area contributed by atoms with Gasteiger partial charge in [-0.3, -0.25) is 0 Å². The van der Waals surface area contributed by atoms with E-state index < -0.39 is 5.60 Å². The van der Waals surface area contributed by atoms with Crippen molar-refractivity contribution >= 4 is 22.6 Å². The van der Waals surface area contributed by atoms with Gasteiger partial charge >= 0.3 is 0 Å². The van der Waals surface area contributed by atoms with Crippen molar-refractivity contribution in [2.75, 3.05) is 0 Å². The van der Waals surface area contributed by atoms with Crippen molar-refractivity contribution in [3.05, 3.63) is 100 Å². The Morgan fingerprint density at radius 1 is 0.923 bits per heavy atom. The molecule has 0 aliphatic heterocycles. The van der Waals surface area contributed by atoms with Crippen molar-refractivity contribution in [3.63, 3.8) is 0 Å². The van der Waals surface area contributed by atoms with Crippen molar-refractivity contribution < 1.29 is 5.11 Å². The Bertz CT molecular complexity index is 1090. The number of benzene rings is 3. The quantitative estimate of drug-likeness (QED) is 0.567. The van der Waals surface area contributed by atoms with Gasteiger partial charge in [0, 0.05) is 12.1 Å². The van der Waals surface area contributed by atoms with E-state index in [0.29, 0.717) is 10.8 Å². The molecule has 1 atom stereocenters. The van der Waals surface area contributed by atoms with E-state index in [1.165, 1.54) is 0 Å². The highest BCUT2D eigenvalue weighted by Crippen LogP contribution is 2.37. The molecule has 26 heavy (non-hydrogen) atoms. The van der Waals surface area contributed by atoms with Crippen LogP contribution in [-0.4, -0.2) is 14.7 Å². The second-order valence-electron chi connectivity index (χ2n) is 6.57. The Balaban J connectivity index is 2.05. The number of rotatable bonds is 3. The van der Waals surface area contributed by atoms with Crippen molar-refractivity contribution in [2.24, 2.45) is 7.05 Å². The largest absolute Gasteiger partial charge is 0.373 e. The van der Waals surface area contributed by atoms with Gasteiger partial charge in [0.05, 0.1) is 11.0 Å². The van der Waals surface area contributed by atoms with E-state index in [-0.39, 0.29) is 0 Å².